The van der Waals surface area contributed by atoms with E-state index in [0.717, 1.165) is 31.9 Å². The fourth-order valence-corrected chi connectivity index (χ4v) is 1.95. The molecule has 0 unspecified atom stereocenters. The highest BCUT2D eigenvalue weighted by atomic mass is 16.5. The maximum Gasteiger partial charge on any atom is 0.119 e. The van der Waals surface area contributed by atoms with Gasteiger partial charge in [0.25, 0.3) is 0 Å². The third-order valence-electron chi connectivity index (χ3n) is 2.88. The second kappa shape index (κ2) is 7.33. The predicted octanol–water partition coefficient (Wildman–Crippen LogP) is 3.50. The number of nitrogens with one attached hydrogen (secondary N) is 1. The zero-order valence-electron chi connectivity index (χ0n) is 11.5. The van der Waals surface area contributed by atoms with Crippen LogP contribution in [0.1, 0.15) is 44.2 Å². The first-order valence-corrected chi connectivity index (χ1v) is 6.59. The minimum atomic E-state index is 0.581. The average molecular weight is 235 g/mol. The predicted molar refractivity (Wildman–Crippen MR) is 73.9 cm³/mol. The third-order valence-corrected chi connectivity index (χ3v) is 2.88. The summed E-state index contributed by atoms with van der Waals surface area (Å²) >= 11 is 0. The van der Waals surface area contributed by atoms with E-state index in [9.17, 15) is 0 Å². The van der Waals surface area contributed by atoms with Crippen molar-refractivity contribution in [2.75, 3.05) is 19.7 Å². The first kappa shape index (κ1) is 14.0. The first-order chi connectivity index (χ1) is 8.15. The van der Waals surface area contributed by atoms with Crippen molar-refractivity contribution in [3.05, 3.63) is 29.3 Å². The fraction of sp³-hybridized carbons (Fsp3) is 0.600. The summed E-state index contributed by atoms with van der Waals surface area (Å²) in [7, 11) is 0. The minimum Gasteiger partial charge on any atom is -0.494 e. The molecule has 1 N–H and O–H groups in total. The molecule has 0 atom stereocenters. The summed E-state index contributed by atoms with van der Waals surface area (Å²) in [6, 6.07) is 6.40. The summed E-state index contributed by atoms with van der Waals surface area (Å²) in [5, 5.41) is 3.29. The number of hydrogen-bond acceptors (Lipinski definition) is 2. The van der Waals surface area contributed by atoms with Crippen LogP contribution in [0.25, 0.3) is 0 Å². The van der Waals surface area contributed by atoms with Crippen LogP contribution in [0.4, 0.5) is 0 Å². The number of aryl methyl sites for hydroxylation is 1. The Bertz CT molecular complexity index is 334. The normalized spacial score (nSPS) is 10.9. The van der Waals surface area contributed by atoms with Gasteiger partial charge in [-0.2, -0.15) is 0 Å². The van der Waals surface area contributed by atoms with Crippen LogP contribution in [-0.4, -0.2) is 19.7 Å². The van der Waals surface area contributed by atoms with Gasteiger partial charge in [0.1, 0.15) is 5.75 Å². The molecule has 0 saturated carbocycles. The summed E-state index contributed by atoms with van der Waals surface area (Å²) in [5.74, 6) is 1.57. The van der Waals surface area contributed by atoms with Gasteiger partial charge in [0, 0.05) is 0 Å². The van der Waals surface area contributed by atoms with E-state index in [4.69, 9.17) is 4.74 Å². The molecule has 0 fully saturated rings. The van der Waals surface area contributed by atoms with Gasteiger partial charge < -0.3 is 10.1 Å². The molecule has 96 valence electrons. The molecule has 1 aromatic carbocycles. The van der Waals surface area contributed by atoms with Crippen LogP contribution < -0.4 is 10.1 Å². The Hall–Kier alpha value is -1.02. The number of hydrogen-bond donors (Lipinski definition) is 1. The van der Waals surface area contributed by atoms with Crippen LogP contribution in [0.3, 0.4) is 0 Å². The van der Waals surface area contributed by atoms with Crippen LogP contribution in [0.5, 0.6) is 5.75 Å². The van der Waals surface area contributed by atoms with Gasteiger partial charge in [-0.25, -0.2) is 0 Å². The van der Waals surface area contributed by atoms with E-state index in [-0.39, 0.29) is 0 Å². The van der Waals surface area contributed by atoms with Crippen LogP contribution in [-0.2, 0) is 0 Å². The van der Waals surface area contributed by atoms with Gasteiger partial charge in [-0.3, -0.25) is 0 Å². The van der Waals surface area contributed by atoms with Crippen molar-refractivity contribution >= 4 is 0 Å². The van der Waals surface area contributed by atoms with E-state index in [2.05, 4.69) is 51.2 Å². The molecule has 0 aliphatic rings. The standard InChI is InChI=1S/C15H25NO/c1-5-16-9-6-10-17-14-7-8-15(12(2)3)13(4)11-14/h7-8,11-12,16H,5-6,9-10H2,1-4H3. The Morgan fingerprint density at radius 2 is 2.06 bits per heavy atom. The van der Waals surface area contributed by atoms with Crippen molar-refractivity contribution in [1.29, 1.82) is 0 Å². The SMILES string of the molecule is CCNCCCOc1ccc(C(C)C)c(C)c1. The van der Waals surface area contributed by atoms with Gasteiger partial charge in [-0.15, -0.1) is 0 Å². The van der Waals surface area contributed by atoms with Gasteiger partial charge in [0.2, 0.25) is 0 Å². The van der Waals surface area contributed by atoms with Crippen LogP contribution in [0, 0.1) is 6.92 Å². The quantitative estimate of drug-likeness (QED) is 0.730. The Balaban J connectivity index is 2.42. The largest absolute Gasteiger partial charge is 0.494 e. The molecule has 17 heavy (non-hydrogen) atoms. The molecule has 1 aromatic rings. The minimum absolute atomic E-state index is 0.581. The lowest BCUT2D eigenvalue weighted by Gasteiger charge is -2.12. The molecule has 0 saturated heterocycles. The van der Waals surface area contributed by atoms with E-state index >= 15 is 0 Å². The maximum absolute atomic E-state index is 5.73. The molecule has 0 aliphatic heterocycles. The summed E-state index contributed by atoms with van der Waals surface area (Å²) in [5.41, 5.74) is 2.73. The van der Waals surface area contributed by atoms with Crippen molar-refractivity contribution in [1.82, 2.24) is 5.32 Å². The second-order valence-corrected chi connectivity index (χ2v) is 4.73. The van der Waals surface area contributed by atoms with Crippen LogP contribution >= 0.6 is 0 Å². The van der Waals surface area contributed by atoms with E-state index in [1.165, 1.54) is 11.1 Å². The van der Waals surface area contributed by atoms with Crippen molar-refractivity contribution in [3.63, 3.8) is 0 Å². The Labute approximate surface area is 105 Å². The van der Waals surface area contributed by atoms with Gasteiger partial charge in [-0.1, -0.05) is 26.8 Å². The molecule has 0 aliphatic carbocycles. The Morgan fingerprint density at radius 1 is 1.29 bits per heavy atom. The van der Waals surface area contributed by atoms with Crippen LogP contribution in [0.2, 0.25) is 0 Å². The summed E-state index contributed by atoms with van der Waals surface area (Å²) in [4.78, 5) is 0. The highest BCUT2D eigenvalue weighted by Crippen LogP contribution is 2.23. The smallest absolute Gasteiger partial charge is 0.119 e. The van der Waals surface area contributed by atoms with Gasteiger partial charge >= 0.3 is 0 Å². The van der Waals surface area contributed by atoms with Gasteiger partial charge in [0.05, 0.1) is 6.61 Å². The average Bonchev–Trinajstić information content (AvgIpc) is 2.28. The molecule has 0 spiro atoms. The molecule has 2 nitrogen and oxygen atoms in total. The maximum atomic E-state index is 5.73. The molecular weight excluding hydrogens is 210 g/mol. The van der Waals surface area contributed by atoms with E-state index in [0.29, 0.717) is 5.92 Å². The van der Waals surface area contributed by atoms with Crippen molar-refractivity contribution in [2.45, 2.75) is 40.0 Å². The molecule has 0 aromatic heterocycles. The molecule has 0 radical (unpaired) electrons. The molecule has 0 amide bonds. The fourth-order valence-electron chi connectivity index (χ4n) is 1.95. The second-order valence-electron chi connectivity index (χ2n) is 4.73. The summed E-state index contributed by atoms with van der Waals surface area (Å²) < 4.78 is 5.73. The molecule has 0 heterocycles. The number of ether oxygens (including phenoxy) is 1. The molecule has 2 heteroatoms. The molecule has 0 bridgehead atoms. The molecular formula is C15H25NO. The van der Waals surface area contributed by atoms with Crippen molar-refractivity contribution < 1.29 is 4.74 Å². The topological polar surface area (TPSA) is 21.3 Å². The number of benzene rings is 1. The van der Waals surface area contributed by atoms with E-state index < -0.39 is 0 Å². The Morgan fingerprint density at radius 3 is 2.65 bits per heavy atom. The van der Waals surface area contributed by atoms with Gasteiger partial charge in [0.15, 0.2) is 0 Å². The highest BCUT2D eigenvalue weighted by Gasteiger charge is 2.04. The monoisotopic (exact) mass is 235 g/mol. The highest BCUT2D eigenvalue weighted by molar-refractivity contribution is 5.36. The third kappa shape index (κ3) is 4.78. The summed E-state index contributed by atoms with van der Waals surface area (Å²) in [6.45, 7) is 11.6. The molecule has 1 rings (SSSR count). The van der Waals surface area contributed by atoms with E-state index in [1.54, 1.807) is 0 Å². The number of rotatable bonds is 7. The summed E-state index contributed by atoms with van der Waals surface area (Å²) in [6.07, 6.45) is 1.05. The lowest BCUT2D eigenvalue weighted by Crippen LogP contribution is -2.16. The van der Waals surface area contributed by atoms with Crippen molar-refractivity contribution in [2.24, 2.45) is 0 Å². The Kier molecular flexibility index (Phi) is 6.06. The van der Waals surface area contributed by atoms with E-state index in [1.807, 2.05) is 0 Å². The van der Waals surface area contributed by atoms with Crippen molar-refractivity contribution in [3.8, 4) is 5.75 Å². The van der Waals surface area contributed by atoms with Gasteiger partial charge in [-0.05, 0) is 55.6 Å². The zero-order valence-corrected chi connectivity index (χ0v) is 11.5. The zero-order chi connectivity index (χ0) is 12.7. The lowest BCUT2D eigenvalue weighted by molar-refractivity contribution is 0.308. The lowest BCUT2D eigenvalue weighted by atomic mass is 9.98. The van der Waals surface area contributed by atoms with Crippen LogP contribution in [0.15, 0.2) is 18.2 Å². The first-order valence-electron chi connectivity index (χ1n) is 6.59.